The maximum absolute atomic E-state index is 5.79. The van der Waals surface area contributed by atoms with Gasteiger partial charge in [-0.05, 0) is 30.7 Å². The average Bonchev–Trinajstić information content (AvgIpc) is 2.47. The fourth-order valence-corrected chi connectivity index (χ4v) is 2.18. The average molecular weight is 294 g/mol. The topological polar surface area (TPSA) is 21.7 Å². The number of hydrogen-bond acceptors (Lipinski definition) is 3. The first-order valence-electron chi connectivity index (χ1n) is 6.88. The van der Waals surface area contributed by atoms with Crippen LogP contribution in [0.25, 0.3) is 0 Å². The molecule has 3 nitrogen and oxygen atoms in total. The standard InChI is InChI=1S/C16H20ClNO2/c1-14-13-16(5-4-15(14)3-2-6-17)20-12-9-18-7-10-19-11-8-18/h4-5,13H,6-12H2,1H3. The summed E-state index contributed by atoms with van der Waals surface area (Å²) in [5.41, 5.74) is 2.12. The van der Waals surface area contributed by atoms with Crippen molar-refractivity contribution in [2.75, 3.05) is 45.3 Å². The summed E-state index contributed by atoms with van der Waals surface area (Å²) in [5.74, 6) is 7.16. The van der Waals surface area contributed by atoms with Crippen molar-refractivity contribution in [3.8, 4) is 17.6 Å². The highest BCUT2D eigenvalue weighted by Gasteiger charge is 2.09. The lowest BCUT2D eigenvalue weighted by molar-refractivity contribution is 0.0322. The molecule has 108 valence electrons. The molecule has 0 amide bonds. The largest absolute Gasteiger partial charge is 0.492 e. The number of halogens is 1. The fourth-order valence-electron chi connectivity index (χ4n) is 2.11. The predicted molar refractivity (Wildman–Crippen MR) is 81.5 cm³/mol. The molecule has 1 aromatic rings. The molecule has 0 atom stereocenters. The minimum absolute atomic E-state index is 0.358. The molecular formula is C16H20ClNO2. The summed E-state index contributed by atoms with van der Waals surface area (Å²) in [5, 5.41) is 0. The van der Waals surface area contributed by atoms with Crippen LogP contribution in [0, 0.1) is 18.8 Å². The van der Waals surface area contributed by atoms with E-state index in [1.54, 1.807) is 0 Å². The Morgan fingerprint density at radius 2 is 2.15 bits per heavy atom. The molecule has 2 rings (SSSR count). The number of hydrogen-bond donors (Lipinski definition) is 0. The Morgan fingerprint density at radius 1 is 1.35 bits per heavy atom. The molecule has 4 heteroatoms. The van der Waals surface area contributed by atoms with Gasteiger partial charge in [-0.25, -0.2) is 0 Å². The highest BCUT2D eigenvalue weighted by atomic mass is 35.5. The molecule has 0 bridgehead atoms. The molecule has 0 aliphatic carbocycles. The number of alkyl halides is 1. The number of rotatable bonds is 4. The highest BCUT2D eigenvalue weighted by molar-refractivity contribution is 6.19. The van der Waals surface area contributed by atoms with Crippen LogP contribution in [0.3, 0.4) is 0 Å². The molecule has 1 heterocycles. The zero-order valence-corrected chi connectivity index (χ0v) is 12.6. The SMILES string of the molecule is Cc1cc(OCCN2CCOCC2)ccc1C#CCCl. The molecular weight excluding hydrogens is 274 g/mol. The minimum atomic E-state index is 0.358. The van der Waals surface area contributed by atoms with Gasteiger partial charge in [0.2, 0.25) is 0 Å². The van der Waals surface area contributed by atoms with Crippen LogP contribution >= 0.6 is 11.6 Å². The van der Waals surface area contributed by atoms with Gasteiger partial charge in [0.25, 0.3) is 0 Å². The van der Waals surface area contributed by atoms with Crippen LogP contribution in [-0.4, -0.2) is 50.2 Å². The number of aryl methyl sites for hydroxylation is 1. The Morgan fingerprint density at radius 3 is 2.85 bits per heavy atom. The van der Waals surface area contributed by atoms with E-state index in [2.05, 4.69) is 16.7 Å². The normalized spacial score (nSPS) is 15.5. The smallest absolute Gasteiger partial charge is 0.119 e. The Bertz CT molecular complexity index is 487. The van der Waals surface area contributed by atoms with Gasteiger partial charge in [0.05, 0.1) is 19.1 Å². The van der Waals surface area contributed by atoms with Crippen molar-refractivity contribution in [3.05, 3.63) is 29.3 Å². The summed E-state index contributed by atoms with van der Waals surface area (Å²) >= 11 is 5.57. The molecule has 0 N–H and O–H groups in total. The molecule has 1 fully saturated rings. The lowest BCUT2D eigenvalue weighted by atomic mass is 10.1. The lowest BCUT2D eigenvalue weighted by Crippen LogP contribution is -2.38. The number of morpholine rings is 1. The van der Waals surface area contributed by atoms with E-state index in [0.717, 1.165) is 49.7 Å². The van der Waals surface area contributed by atoms with Gasteiger partial charge in [-0.2, -0.15) is 0 Å². The van der Waals surface area contributed by atoms with Gasteiger partial charge in [0.15, 0.2) is 0 Å². The molecule has 20 heavy (non-hydrogen) atoms. The second-order valence-corrected chi connectivity index (χ2v) is 4.98. The summed E-state index contributed by atoms with van der Waals surface area (Å²) in [6.07, 6.45) is 0. The van der Waals surface area contributed by atoms with E-state index in [1.165, 1.54) is 0 Å². The molecule has 1 aliphatic heterocycles. The van der Waals surface area contributed by atoms with Crippen LogP contribution < -0.4 is 4.74 Å². The molecule has 0 radical (unpaired) electrons. The molecule has 1 aromatic carbocycles. The molecule has 0 saturated carbocycles. The van der Waals surface area contributed by atoms with Crippen LogP contribution in [0.5, 0.6) is 5.75 Å². The van der Waals surface area contributed by atoms with E-state index in [1.807, 2.05) is 25.1 Å². The lowest BCUT2D eigenvalue weighted by Gasteiger charge is -2.26. The second-order valence-electron chi connectivity index (χ2n) is 4.71. The van der Waals surface area contributed by atoms with Crippen LogP contribution in [0.1, 0.15) is 11.1 Å². The maximum atomic E-state index is 5.79. The maximum Gasteiger partial charge on any atom is 0.119 e. The second kappa shape index (κ2) is 8.16. The zero-order chi connectivity index (χ0) is 14.2. The van der Waals surface area contributed by atoms with Crippen molar-refractivity contribution in [3.63, 3.8) is 0 Å². The van der Waals surface area contributed by atoms with Gasteiger partial charge in [-0.15, -0.1) is 11.6 Å². The van der Waals surface area contributed by atoms with Gasteiger partial charge in [0, 0.05) is 25.2 Å². The van der Waals surface area contributed by atoms with E-state index in [4.69, 9.17) is 21.1 Å². The third-order valence-corrected chi connectivity index (χ3v) is 3.40. The molecule has 1 aliphatic rings. The van der Waals surface area contributed by atoms with Gasteiger partial charge in [0.1, 0.15) is 12.4 Å². The summed E-state index contributed by atoms with van der Waals surface area (Å²) in [6, 6.07) is 5.97. The van der Waals surface area contributed by atoms with Crippen molar-refractivity contribution in [2.24, 2.45) is 0 Å². The van der Waals surface area contributed by atoms with Crippen LogP contribution in [-0.2, 0) is 4.74 Å². The number of ether oxygens (including phenoxy) is 2. The third-order valence-electron chi connectivity index (χ3n) is 3.27. The zero-order valence-electron chi connectivity index (χ0n) is 11.8. The first-order chi connectivity index (χ1) is 9.79. The first kappa shape index (κ1) is 15.2. The summed E-state index contributed by atoms with van der Waals surface area (Å²) in [7, 11) is 0. The Hall–Kier alpha value is -1.21. The molecule has 0 spiro atoms. The number of benzene rings is 1. The quantitative estimate of drug-likeness (QED) is 0.628. The van der Waals surface area contributed by atoms with Crippen molar-refractivity contribution in [1.29, 1.82) is 0 Å². The predicted octanol–water partition coefficient (Wildman–Crippen LogP) is 2.30. The van der Waals surface area contributed by atoms with Crippen LogP contribution in [0.2, 0.25) is 0 Å². The van der Waals surface area contributed by atoms with E-state index < -0.39 is 0 Å². The van der Waals surface area contributed by atoms with E-state index >= 15 is 0 Å². The van der Waals surface area contributed by atoms with Gasteiger partial charge in [-0.3, -0.25) is 4.90 Å². The Labute approximate surface area is 125 Å². The first-order valence-corrected chi connectivity index (χ1v) is 7.41. The highest BCUT2D eigenvalue weighted by Crippen LogP contribution is 2.16. The van der Waals surface area contributed by atoms with E-state index in [9.17, 15) is 0 Å². The molecule has 1 saturated heterocycles. The van der Waals surface area contributed by atoms with Crippen molar-refractivity contribution < 1.29 is 9.47 Å². The number of nitrogens with zero attached hydrogens (tertiary/aromatic N) is 1. The molecule has 0 aromatic heterocycles. The van der Waals surface area contributed by atoms with Crippen molar-refractivity contribution in [2.45, 2.75) is 6.92 Å². The fraction of sp³-hybridized carbons (Fsp3) is 0.500. The summed E-state index contributed by atoms with van der Waals surface area (Å²) in [4.78, 5) is 2.36. The Kier molecular flexibility index (Phi) is 6.20. The van der Waals surface area contributed by atoms with Crippen LogP contribution in [0.15, 0.2) is 18.2 Å². The van der Waals surface area contributed by atoms with Gasteiger partial charge < -0.3 is 9.47 Å². The van der Waals surface area contributed by atoms with E-state index in [-0.39, 0.29) is 0 Å². The summed E-state index contributed by atoms with van der Waals surface area (Å²) < 4.78 is 11.1. The third kappa shape index (κ3) is 4.72. The van der Waals surface area contributed by atoms with E-state index in [0.29, 0.717) is 12.5 Å². The van der Waals surface area contributed by atoms with Gasteiger partial charge in [-0.1, -0.05) is 11.8 Å². The van der Waals surface area contributed by atoms with Crippen molar-refractivity contribution >= 4 is 11.6 Å². The van der Waals surface area contributed by atoms with Crippen LogP contribution in [0.4, 0.5) is 0 Å². The summed E-state index contributed by atoms with van der Waals surface area (Å²) in [6.45, 7) is 7.32. The van der Waals surface area contributed by atoms with Crippen molar-refractivity contribution in [1.82, 2.24) is 4.90 Å². The monoisotopic (exact) mass is 293 g/mol. The minimum Gasteiger partial charge on any atom is -0.492 e. The Balaban J connectivity index is 1.82. The molecule has 0 unspecified atom stereocenters. The van der Waals surface area contributed by atoms with Gasteiger partial charge >= 0.3 is 0 Å².